The number of hydrogen-bond donors (Lipinski definition) is 1. The van der Waals surface area contributed by atoms with Crippen molar-refractivity contribution in [2.24, 2.45) is 0 Å². The Morgan fingerprint density at radius 1 is 1.30 bits per heavy atom. The first-order chi connectivity index (χ1) is 14.5. The summed E-state index contributed by atoms with van der Waals surface area (Å²) in [5.41, 5.74) is 1.97. The molecule has 3 aromatic rings. The van der Waals surface area contributed by atoms with Gasteiger partial charge in [-0.3, -0.25) is 4.79 Å². The Morgan fingerprint density at radius 2 is 2.13 bits per heavy atom. The van der Waals surface area contributed by atoms with Crippen LogP contribution in [0, 0.1) is 18.3 Å². The van der Waals surface area contributed by atoms with Crippen molar-refractivity contribution in [3.63, 3.8) is 0 Å². The van der Waals surface area contributed by atoms with Crippen LogP contribution in [-0.2, 0) is 0 Å². The molecule has 0 bridgehead atoms. The van der Waals surface area contributed by atoms with E-state index in [0.717, 1.165) is 24.2 Å². The van der Waals surface area contributed by atoms with Gasteiger partial charge in [-0.1, -0.05) is 0 Å². The number of benzene rings is 1. The molecular formula is C22H22N6O2. The van der Waals surface area contributed by atoms with Crippen molar-refractivity contribution < 1.29 is 9.53 Å². The van der Waals surface area contributed by atoms with E-state index in [1.807, 2.05) is 32.0 Å². The molecule has 1 aliphatic rings. The van der Waals surface area contributed by atoms with E-state index in [4.69, 9.17) is 10.00 Å². The summed E-state index contributed by atoms with van der Waals surface area (Å²) in [6.45, 7) is 3.78. The lowest BCUT2D eigenvalue weighted by atomic mass is 9.96. The first-order valence-electron chi connectivity index (χ1n) is 9.89. The van der Waals surface area contributed by atoms with Crippen molar-refractivity contribution in [1.82, 2.24) is 25.1 Å². The summed E-state index contributed by atoms with van der Waals surface area (Å²) in [4.78, 5) is 21.4. The molecule has 2 aromatic heterocycles. The van der Waals surface area contributed by atoms with Gasteiger partial charge in [-0.2, -0.15) is 15.0 Å². The summed E-state index contributed by atoms with van der Waals surface area (Å²) in [6, 6.07) is 10.5. The minimum absolute atomic E-state index is 0.216. The molecule has 152 valence electrons. The zero-order valence-corrected chi connectivity index (χ0v) is 16.9. The molecule has 8 nitrogen and oxygen atoms in total. The third kappa shape index (κ3) is 4.15. The zero-order chi connectivity index (χ0) is 21.1. The second-order valence-corrected chi connectivity index (χ2v) is 7.45. The molecule has 0 saturated heterocycles. The molecule has 1 amide bonds. The van der Waals surface area contributed by atoms with Crippen molar-refractivity contribution in [3.05, 3.63) is 65.4 Å². The number of amides is 1. The van der Waals surface area contributed by atoms with Gasteiger partial charge in [0.1, 0.15) is 18.1 Å². The number of ether oxygens (including phenoxy) is 1. The molecule has 8 heteroatoms. The van der Waals surface area contributed by atoms with Crippen LogP contribution < -0.4 is 10.1 Å². The van der Waals surface area contributed by atoms with Gasteiger partial charge in [0.15, 0.2) is 11.6 Å². The van der Waals surface area contributed by atoms with Crippen LogP contribution in [0.25, 0.3) is 5.82 Å². The van der Waals surface area contributed by atoms with Crippen LogP contribution in [0.3, 0.4) is 0 Å². The Hall–Kier alpha value is -3.73. The molecule has 1 fully saturated rings. The van der Waals surface area contributed by atoms with Crippen molar-refractivity contribution >= 4 is 5.91 Å². The van der Waals surface area contributed by atoms with Gasteiger partial charge in [0.25, 0.3) is 5.91 Å². The van der Waals surface area contributed by atoms with Crippen LogP contribution in [-0.4, -0.2) is 31.8 Å². The molecule has 0 spiro atoms. The predicted octanol–water partition coefficient (Wildman–Crippen LogP) is 3.26. The van der Waals surface area contributed by atoms with Gasteiger partial charge in [0.05, 0.1) is 17.7 Å². The summed E-state index contributed by atoms with van der Waals surface area (Å²) < 4.78 is 7.51. The summed E-state index contributed by atoms with van der Waals surface area (Å²) in [6.07, 6.45) is 6.45. The summed E-state index contributed by atoms with van der Waals surface area (Å²) in [5.74, 6) is 1.57. The van der Waals surface area contributed by atoms with Crippen LogP contribution in [0.15, 0.2) is 42.9 Å². The van der Waals surface area contributed by atoms with Crippen molar-refractivity contribution in [2.45, 2.75) is 45.3 Å². The smallest absolute Gasteiger partial charge is 0.252 e. The van der Waals surface area contributed by atoms with E-state index in [2.05, 4.69) is 20.4 Å². The number of carbonyl (C=O) groups excluding carboxylic acids is 1. The highest BCUT2D eigenvalue weighted by atomic mass is 16.5. The van der Waals surface area contributed by atoms with Crippen molar-refractivity contribution in [1.29, 1.82) is 5.26 Å². The lowest BCUT2D eigenvalue weighted by molar-refractivity contribution is 0.0934. The molecule has 1 saturated carbocycles. The molecule has 1 atom stereocenters. The minimum Gasteiger partial charge on any atom is -0.490 e. The van der Waals surface area contributed by atoms with Gasteiger partial charge in [0, 0.05) is 11.8 Å². The molecule has 0 aliphatic heterocycles. The lowest BCUT2D eigenvalue weighted by Gasteiger charge is -2.26. The van der Waals surface area contributed by atoms with Gasteiger partial charge in [-0.15, -0.1) is 0 Å². The lowest BCUT2D eigenvalue weighted by Crippen LogP contribution is -2.29. The number of nitriles is 1. The molecule has 0 radical (unpaired) electrons. The van der Waals surface area contributed by atoms with E-state index < -0.39 is 6.04 Å². The van der Waals surface area contributed by atoms with Gasteiger partial charge >= 0.3 is 0 Å². The average molecular weight is 402 g/mol. The quantitative estimate of drug-likeness (QED) is 0.678. The number of aryl methyl sites for hydroxylation is 1. The fourth-order valence-electron chi connectivity index (χ4n) is 3.27. The third-order valence-corrected chi connectivity index (χ3v) is 5.07. The molecule has 1 aliphatic carbocycles. The van der Waals surface area contributed by atoms with Crippen LogP contribution in [0.1, 0.15) is 59.5 Å². The largest absolute Gasteiger partial charge is 0.490 e. The minimum atomic E-state index is -0.408. The predicted molar refractivity (Wildman–Crippen MR) is 109 cm³/mol. The third-order valence-electron chi connectivity index (χ3n) is 5.07. The van der Waals surface area contributed by atoms with E-state index in [-0.39, 0.29) is 12.0 Å². The van der Waals surface area contributed by atoms with Crippen LogP contribution >= 0.6 is 0 Å². The standard InChI is InChI=1S/C22H22N6O2/c1-14-8-17(10-19(9-14)30-18-4-3-5-18)22(29)27-15(2)21-25-13-26-28(21)20-7-6-16(11-23)12-24-20/h6-10,12-13,15,18H,3-5H2,1-2H3,(H,27,29). The number of hydrogen-bond acceptors (Lipinski definition) is 6. The number of rotatable bonds is 6. The summed E-state index contributed by atoms with van der Waals surface area (Å²) in [7, 11) is 0. The number of carbonyl (C=O) groups is 1. The maximum atomic E-state index is 12.9. The van der Waals surface area contributed by atoms with Crippen LogP contribution in [0.5, 0.6) is 5.75 Å². The van der Waals surface area contributed by atoms with Gasteiger partial charge < -0.3 is 10.1 Å². The topological polar surface area (TPSA) is 106 Å². The second-order valence-electron chi connectivity index (χ2n) is 7.45. The second kappa shape index (κ2) is 8.33. The maximum Gasteiger partial charge on any atom is 0.252 e. The molecular weight excluding hydrogens is 380 g/mol. The van der Waals surface area contributed by atoms with Crippen LogP contribution in [0.2, 0.25) is 0 Å². The molecule has 1 N–H and O–H groups in total. The highest BCUT2D eigenvalue weighted by Crippen LogP contribution is 2.27. The average Bonchev–Trinajstić information content (AvgIpc) is 3.20. The number of pyridine rings is 1. The zero-order valence-electron chi connectivity index (χ0n) is 16.9. The molecule has 30 heavy (non-hydrogen) atoms. The number of aromatic nitrogens is 4. The Bertz CT molecular complexity index is 1100. The monoisotopic (exact) mass is 402 g/mol. The molecule has 2 heterocycles. The summed E-state index contributed by atoms with van der Waals surface area (Å²) in [5, 5.41) is 16.1. The van der Waals surface area contributed by atoms with E-state index in [9.17, 15) is 4.79 Å². The van der Waals surface area contributed by atoms with Gasteiger partial charge in [-0.25, -0.2) is 9.97 Å². The Kier molecular flexibility index (Phi) is 5.44. The summed E-state index contributed by atoms with van der Waals surface area (Å²) >= 11 is 0. The van der Waals surface area contributed by atoms with Gasteiger partial charge in [0.2, 0.25) is 0 Å². The van der Waals surface area contributed by atoms with Crippen molar-refractivity contribution in [3.8, 4) is 17.6 Å². The fraction of sp³-hybridized carbons (Fsp3) is 0.318. The first kappa shape index (κ1) is 19.6. The fourth-order valence-corrected chi connectivity index (χ4v) is 3.27. The molecule has 1 unspecified atom stereocenters. The number of nitrogens with zero attached hydrogens (tertiary/aromatic N) is 5. The Balaban J connectivity index is 1.50. The number of nitrogens with one attached hydrogen (secondary N) is 1. The highest BCUT2D eigenvalue weighted by molar-refractivity contribution is 5.95. The molecule has 1 aromatic carbocycles. The first-order valence-corrected chi connectivity index (χ1v) is 9.89. The van der Waals surface area contributed by atoms with Gasteiger partial charge in [-0.05, 0) is 69.0 Å². The SMILES string of the molecule is Cc1cc(OC2CCC2)cc(C(=O)NC(C)c2ncnn2-c2ccc(C#N)cn2)c1. The van der Waals surface area contributed by atoms with E-state index in [1.165, 1.54) is 18.9 Å². The normalized spacial score (nSPS) is 14.4. The van der Waals surface area contributed by atoms with Crippen molar-refractivity contribution in [2.75, 3.05) is 0 Å². The Labute approximate surface area is 174 Å². The van der Waals surface area contributed by atoms with E-state index >= 15 is 0 Å². The van der Waals surface area contributed by atoms with E-state index in [1.54, 1.807) is 22.9 Å². The van der Waals surface area contributed by atoms with Crippen LogP contribution in [0.4, 0.5) is 0 Å². The maximum absolute atomic E-state index is 12.9. The molecule has 4 rings (SSSR count). The van der Waals surface area contributed by atoms with E-state index in [0.29, 0.717) is 22.8 Å². The Morgan fingerprint density at radius 3 is 2.80 bits per heavy atom. The highest BCUT2D eigenvalue weighted by Gasteiger charge is 2.21.